The minimum Gasteiger partial charge on any atom is -0.341 e. The molecule has 0 bridgehead atoms. The van der Waals surface area contributed by atoms with Crippen molar-refractivity contribution in [2.75, 3.05) is 26.7 Å². The number of carbonyl (C=O) groups excluding carboxylic acids is 1. The third kappa shape index (κ3) is 4.29. The van der Waals surface area contributed by atoms with Crippen molar-refractivity contribution in [3.63, 3.8) is 0 Å². The van der Waals surface area contributed by atoms with Gasteiger partial charge in [0.2, 0.25) is 15.9 Å². The second kappa shape index (κ2) is 6.97. The van der Waals surface area contributed by atoms with Crippen molar-refractivity contribution in [2.24, 2.45) is 11.8 Å². The first-order chi connectivity index (χ1) is 10.7. The highest BCUT2D eigenvalue weighted by Gasteiger charge is 2.29. The minimum atomic E-state index is -3.80. The second-order valence-electron chi connectivity index (χ2n) is 6.46. The number of carbonyl (C=O) groups is 1. The number of piperidine rings is 1. The second-order valence-corrected chi connectivity index (χ2v) is 8.50. The molecule has 1 saturated heterocycles. The summed E-state index contributed by atoms with van der Waals surface area (Å²) in [4.78, 5) is 14.1. The van der Waals surface area contributed by atoms with E-state index >= 15 is 0 Å². The highest BCUT2D eigenvalue weighted by Crippen LogP contribution is 2.21. The van der Waals surface area contributed by atoms with E-state index in [9.17, 15) is 17.6 Å². The van der Waals surface area contributed by atoms with Gasteiger partial charge in [-0.3, -0.25) is 4.79 Å². The summed E-state index contributed by atoms with van der Waals surface area (Å²) in [6, 6.07) is 4.60. The molecule has 1 aliphatic heterocycles. The van der Waals surface area contributed by atoms with E-state index in [4.69, 9.17) is 0 Å². The van der Waals surface area contributed by atoms with Crippen LogP contribution in [0.3, 0.4) is 0 Å². The number of rotatable bonds is 4. The maximum atomic E-state index is 12.9. The van der Waals surface area contributed by atoms with Crippen LogP contribution in [0.2, 0.25) is 0 Å². The van der Waals surface area contributed by atoms with Crippen molar-refractivity contribution in [2.45, 2.75) is 25.2 Å². The molecule has 0 saturated carbocycles. The molecule has 1 amide bonds. The molecule has 0 unspecified atom stereocenters. The zero-order valence-electron chi connectivity index (χ0n) is 13.7. The Morgan fingerprint density at radius 1 is 1.22 bits per heavy atom. The average Bonchev–Trinajstić information content (AvgIpc) is 2.46. The lowest BCUT2D eigenvalue weighted by Gasteiger charge is -2.35. The molecule has 128 valence electrons. The molecule has 0 aromatic heterocycles. The monoisotopic (exact) mass is 342 g/mol. The van der Waals surface area contributed by atoms with Gasteiger partial charge in [-0.05, 0) is 42.5 Å². The molecule has 0 spiro atoms. The van der Waals surface area contributed by atoms with Gasteiger partial charge in [0.25, 0.3) is 0 Å². The van der Waals surface area contributed by atoms with Crippen LogP contribution in [0.5, 0.6) is 0 Å². The van der Waals surface area contributed by atoms with E-state index in [1.807, 2.05) is 0 Å². The zero-order valence-corrected chi connectivity index (χ0v) is 14.5. The van der Waals surface area contributed by atoms with E-state index in [1.54, 1.807) is 4.90 Å². The number of nitrogens with zero attached hydrogens (tertiary/aromatic N) is 2. The van der Waals surface area contributed by atoms with Gasteiger partial charge in [0.05, 0.1) is 11.4 Å². The number of likely N-dealkylation sites (N-methyl/N-ethyl adjacent to an activating group) is 1. The van der Waals surface area contributed by atoms with Crippen LogP contribution in [0.25, 0.3) is 0 Å². The van der Waals surface area contributed by atoms with Crippen molar-refractivity contribution in [3.8, 4) is 0 Å². The Hall–Kier alpha value is -1.47. The Balaban J connectivity index is 2.06. The maximum Gasteiger partial charge on any atom is 0.243 e. The number of hydrogen-bond donors (Lipinski definition) is 0. The molecule has 1 aromatic rings. The third-order valence-electron chi connectivity index (χ3n) is 4.10. The quantitative estimate of drug-likeness (QED) is 0.840. The zero-order chi connectivity index (χ0) is 17.2. The van der Waals surface area contributed by atoms with Crippen molar-refractivity contribution in [1.82, 2.24) is 9.21 Å². The van der Waals surface area contributed by atoms with Gasteiger partial charge in [0.15, 0.2) is 0 Å². The van der Waals surface area contributed by atoms with Gasteiger partial charge >= 0.3 is 0 Å². The number of halogens is 1. The van der Waals surface area contributed by atoms with Crippen LogP contribution in [0, 0.1) is 17.7 Å². The first-order valence-corrected chi connectivity index (χ1v) is 9.14. The number of benzene rings is 1. The fourth-order valence-corrected chi connectivity index (χ4v) is 4.15. The van der Waals surface area contributed by atoms with E-state index in [0.29, 0.717) is 24.9 Å². The Morgan fingerprint density at radius 2 is 1.74 bits per heavy atom. The van der Waals surface area contributed by atoms with Gasteiger partial charge in [-0.15, -0.1) is 0 Å². The van der Waals surface area contributed by atoms with E-state index in [-0.39, 0.29) is 17.3 Å². The summed E-state index contributed by atoms with van der Waals surface area (Å²) >= 11 is 0. The van der Waals surface area contributed by atoms with Crippen molar-refractivity contribution >= 4 is 15.9 Å². The predicted octanol–water partition coefficient (Wildman–Crippen LogP) is 1.95. The van der Waals surface area contributed by atoms with E-state index in [0.717, 1.165) is 22.9 Å². The van der Waals surface area contributed by atoms with Crippen LogP contribution in [0.4, 0.5) is 4.39 Å². The van der Waals surface area contributed by atoms with Gasteiger partial charge in [-0.25, -0.2) is 12.8 Å². The smallest absolute Gasteiger partial charge is 0.243 e. The largest absolute Gasteiger partial charge is 0.341 e. The van der Waals surface area contributed by atoms with Gasteiger partial charge in [0.1, 0.15) is 5.82 Å². The van der Waals surface area contributed by atoms with Crippen LogP contribution in [-0.4, -0.2) is 50.2 Å². The first kappa shape index (κ1) is 17.9. The standard InChI is InChI=1S/C16H23FN2O3S/c1-12-8-13(2)10-19(9-12)16(20)11-18(3)23(21,22)15-6-4-14(17)5-7-15/h4-7,12-13H,8-11H2,1-3H3/t12-,13+. The SMILES string of the molecule is C[C@@H]1C[C@H](C)CN(C(=O)CN(C)S(=O)(=O)c2ccc(F)cc2)C1. The van der Waals surface area contributed by atoms with Crippen LogP contribution in [0.1, 0.15) is 20.3 Å². The lowest BCUT2D eigenvalue weighted by atomic mass is 9.92. The Bertz CT molecular complexity index is 650. The number of amides is 1. The predicted molar refractivity (Wildman–Crippen MR) is 85.7 cm³/mol. The fourth-order valence-electron chi connectivity index (χ4n) is 3.03. The molecule has 1 heterocycles. The average molecular weight is 342 g/mol. The Morgan fingerprint density at radius 3 is 2.26 bits per heavy atom. The Kier molecular flexibility index (Phi) is 5.41. The van der Waals surface area contributed by atoms with E-state index in [1.165, 1.54) is 19.2 Å². The molecule has 2 rings (SSSR count). The normalized spacial score (nSPS) is 22.4. The molecule has 5 nitrogen and oxygen atoms in total. The summed E-state index contributed by atoms with van der Waals surface area (Å²) in [6.45, 7) is 5.30. The van der Waals surface area contributed by atoms with Gasteiger partial charge in [0, 0.05) is 20.1 Å². The first-order valence-electron chi connectivity index (χ1n) is 7.70. The highest BCUT2D eigenvalue weighted by atomic mass is 32.2. The van der Waals surface area contributed by atoms with Gasteiger partial charge in [-0.1, -0.05) is 13.8 Å². The fraction of sp³-hybridized carbons (Fsp3) is 0.562. The lowest BCUT2D eigenvalue weighted by Crippen LogP contribution is -2.47. The minimum absolute atomic E-state index is 0.0189. The summed E-state index contributed by atoms with van der Waals surface area (Å²) in [5, 5.41) is 0. The molecule has 1 aromatic carbocycles. The number of likely N-dealkylation sites (tertiary alicyclic amines) is 1. The molecule has 1 aliphatic rings. The van der Waals surface area contributed by atoms with Gasteiger partial charge in [-0.2, -0.15) is 4.31 Å². The molecule has 23 heavy (non-hydrogen) atoms. The van der Waals surface area contributed by atoms with E-state index < -0.39 is 15.8 Å². The maximum absolute atomic E-state index is 12.9. The van der Waals surface area contributed by atoms with Crippen LogP contribution in [-0.2, 0) is 14.8 Å². The van der Waals surface area contributed by atoms with Crippen LogP contribution < -0.4 is 0 Å². The summed E-state index contributed by atoms with van der Waals surface area (Å²) in [6.07, 6.45) is 1.08. The van der Waals surface area contributed by atoms with Crippen LogP contribution in [0.15, 0.2) is 29.2 Å². The summed E-state index contributed by atoms with van der Waals surface area (Å²) in [7, 11) is -2.43. The molecule has 2 atom stereocenters. The molecule has 0 radical (unpaired) electrons. The van der Waals surface area contributed by atoms with E-state index in [2.05, 4.69) is 13.8 Å². The van der Waals surface area contributed by atoms with Crippen molar-refractivity contribution in [1.29, 1.82) is 0 Å². The molecule has 1 fully saturated rings. The molecule has 0 N–H and O–H groups in total. The van der Waals surface area contributed by atoms with Crippen molar-refractivity contribution in [3.05, 3.63) is 30.1 Å². The molecular weight excluding hydrogens is 319 g/mol. The highest BCUT2D eigenvalue weighted by molar-refractivity contribution is 7.89. The topological polar surface area (TPSA) is 57.7 Å². The molecular formula is C16H23FN2O3S. The summed E-state index contributed by atoms with van der Waals surface area (Å²) in [5.41, 5.74) is 0. The summed E-state index contributed by atoms with van der Waals surface area (Å²) < 4.78 is 38.8. The lowest BCUT2D eigenvalue weighted by molar-refractivity contribution is -0.133. The van der Waals surface area contributed by atoms with Gasteiger partial charge < -0.3 is 4.90 Å². The Labute approximate surface area is 137 Å². The molecule has 0 aliphatic carbocycles. The third-order valence-corrected chi connectivity index (χ3v) is 5.92. The van der Waals surface area contributed by atoms with Crippen LogP contribution >= 0.6 is 0 Å². The number of hydrogen-bond acceptors (Lipinski definition) is 3. The number of sulfonamides is 1. The van der Waals surface area contributed by atoms with Crippen molar-refractivity contribution < 1.29 is 17.6 Å². The molecule has 7 heteroatoms. The summed E-state index contributed by atoms with van der Waals surface area (Å²) in [5.74, 6) is 0.138.